The molecule has 1 N–H and O–H groups in total. The predicted molar refractivity (Wildman–Crippen MR) is 173 cm³/mol. The standard InChI is InChI=1S/C33H39Cl2N3O4S/c1-3-31(33(40)36-28-12-8-5-9-13-28)37(19-18-25-10-6-4-7-11-25)32(39)23-38(29-21-26(34)20-27(35)22-29)43(41,42)30-16-14-24(2)15-17-30/h4,6-7,10-11,14-17,20-22,28,31H,3,5,8-9,12-13,18-19,23H2,1-2H3,(H,36,40)/t31-/m0/s1. The Kier molecular flexibility index (Phi) is 11.5. The molecular weight excluding hydrogens is 605 g/mol. The van der Waals surface area contributed by atoms with E-state index in [0.717, 1.165) is 47.5 Å². The van der Waals surface area contributed by atoms with Crippen LogP contribution in [0.3, 0.4) is 0 Å². The van der Waals surface area contributed by atoms with Crippen molar-refractivity contribution in [3.05, 3.63) is 94.0 Å². The third kappa shape index (κ3) is 8.74. The van der Waals surface area contributed by atoms with Crippen LogP contribution in [0.2, 0.25) is 10.0 Å². The zero-order chi connectivity index (χ0) is 31.0. The average molecular weight is 645 g/mol. The summed E-state index contributed by atoms with van der Waals surface area (Å²) in [7, 11) is -4.21. The van der Waals surface area contributed by atoms with Crippen molar-refractivity contribution in [3.63, 3.8) is 0 Å². The number of aryl methyl sites for hydroxylation is 1. The number of carbonyl (C=O) groups excluding carboxylic acids is 2. The van der Waals surface area contributed by atoms with E-state index in [2.05, 4.69) is 5.32 Å². The van der Waals surface area contributed by atoms with Gasteiger partial charge < -0.3 is 10.2 Å². The van der Waals surface area contributed by atoms with Gasteiger partial charge in [0, 0.05) is 22.6 Å². The van der Waals surface area contributed by atoms with Crippen LogP contribution in [-0.4, -0.2) is 50.3 Å². The number of rotatable bonds is 12. The molecule has 10 heteroatoms. The van der Waals surface area contributed by atoms with Gasteiger partial charge in [0.15, 0.2) is 0 Å². The summed E-state index contributed by atoms with van der Waals surface area (Å²) in [5.74, 6) is -0.706. The number of carbonyl (C=O) groups is 2. The first-order chi connectivity index (χ1) is 20.6. The third-order valence-corrected chi connectivity index (χ3v) is 10.1. The Labute approximate surface area is 265 Å². The highest BCUT2D eigenvalue weighted by molar-refractivity contribution is 7.92. The maximum Gasteiger partial charge on any atom is 0.264 e. The monoisotopic (exact) mass is 643 g/mol. The molecule has 1 atom stereocenters. The Bertz CT molecular complexity index is 1470. The molecule has 0 heterocycles. The number of hydrogen-bond acceptors (Lipinski definition) is 4. The van der Waals surface area contributed by atoms with Gasteiger partial charge in [0.1, 0.15) is 12.6 Å². The van der Waals surface area contributed by atoms with Gasteiger partial charge in [0.25, 0.3) is 10.0 Å². The van der Waals surface area contributed by atoms with Crippen molar-refractivity contribution < 1.29 is 18.0 Å². The molecule has 230 valence electrons. The van der Waals surface area contributed by atoms with Crippen molar-refractivity contribution in [2.24, 2.45) is 0 Å². The van der Waals surface area contributed by atoms with E-state index in [-0.39, 0.29) is 39.1 Å². The lowest BCUT2D eigenvalue weighted by Crippen LogP contribution is -2.54. The minimum atomic E-state index is -4.21. The molecule has 0 aliphatic heterocycles. The molecular formula is C33H39Cl2N3O4S. The summed E-state index contributed by atoms with van der Waals surface area (Å²) in [6, 6.07) is 19.9. The minimum Gasteiger partial charge on any atom is -0.352 e. The first kappa shape index (κ1) is 32.8. The molecule has 1 fully saturated rings. The van der Waals surface area contributed by atoms with Crippen LogP contribution in [0.1, 0.15) is 56.6 Å². The fourth-order valence-corrected chi connectivity index (χ4v) is 7.40. The van der Waals surface area contributed by atoms with Gasteiger partial charge in [-0.1, -0.05) is 97.4 Å². The highest BCUT2D eigenvalue weighted by atomic mass is 35.5. The molecule has 7 nitrogen and oxygen atoms in total. The Morgan fingerprint density at radius 3 is 2.16 bits per heavy atom. The Balaban J connectivity index is 1.69. The highest BCUT2D eigenvalue weighted by Crippen LogP contribution is 2.30. The normalized spacial score (nSPS) is 14.6. The molecule has 2 amide bonds. The number of nitrogens with one attached hydrogen (secondary N) is 1. The lowest BCUT2D eigenvalue weighted by Gasteiger charge is -2.34. The van der Waals surface area contributed by atoms with Crippen LogP contribution >= 0.6 is 23.2 Å². The van der Waals surface area contributed by atoms with Gasteiger partial charge in [-0.3, -0.25) is 13.9 Å². The van der Waals surface area contributed by atoms with Crippen LogP contribution < -0.4 is 9.62 Å². The Morgan fingerprint density at radius 1 is 0.930 bits per heavy atom. The summed E-state index contributed by atoms with van der Waals surface area (Å²) < 4.78 is 29.1. The largest absolute Gasteiger partial charge is 0.352 e. The molecule has 3 aromatic carbocycles. The van der Waals surface area contributed by atoms with Gasteiger partial charge in [0.2, 0.25) is 11.8 Å². The van der Waals surface area contributed by atoms with Gasteiger partial charge >= 0.3 is 0 Å². The Morgan fingerprint density at radius 2 is 1.56 bits per heavy atom. The van der Waals surface area contributed by atoms with E-state index < -0.39 is 28.5 Å². The SMILES string of the molecule is CC[C@@H](C(=O)NC1CCCCC1)N(CCc1ccccc1)C(=O)CN(c1cc(Cl)cc(Cl)c1)S(=O)(=O)c1ccc(C)cc1. The van der Waals surface area contributed by atoms with E-state index in [4.69, 9.17) is 23.2 Å². The molecule has 0 unspecified atom stereocenters. The maximum absolute atomic E-state index is 14.2. The molecule has 0 spiro atoms. The van der Waals surface area contributed by atoms with E-state index in [1.807, 2.05) is 44.2 Å². The van der Waals surface area contributed by atoms with Crippen molar-refractivity contribution in [2.45, 2.75) is 75.8 Å². The third-order valence-electron chi connectivity index (χ3n) is 7.84. The fraction of sp³-hybridized carbons (Fsp3) is 0.394. The molecule has 43 heavy (non-hydrogen) atoms. The number of halogens is 2. The second kappa shape index (κ2) is 15.1. The predicted octanol–water partition coefficient (Wildman–Crippen LogP) is 6.80. The molecule has 1 aliphatic rings. The number of hydrogen-bond donors (Lipinski definition) is 1. The maximum atomic E-state index is 14.2. The highest BCUT2D eigenvalue weighted by Gasteiger charge is 2.34. The van der Waals surface area contributed by atoms with Crippen molar-refractivity contribution >= 4 is 50.7 Å². The summed E-state index contributed by atoms with van der Waals surface area (Å²) >= 11 is 12.6. The van der Waals surface area contributed by atoms with Crippen LogP contribution in [0.15, 0.2) is 77.7 Å². The lowest BCUT2D eigenvalue weighted by molar-refractivity contribution is -0.140. The number of sulfonamides is 1. The molecule has 0 saturated heterocycles. The van der Waals surface area contributed by atoms with Crippen molar-refractivity contribution in [3.8, 4) is 0 Å². The van der Waals surface area contributed by atoms with Crippen molar-refractivity contribution in [2.75, 3.05) is 17.4 Å². The van der Waals surface area contributed by atoms with E-state index in [0.29, 0.717) is 12.8 Å². The molecule has 3 aromatic rings. The van der Waals surface area contributed by atoms with Crippen LogP contribution in [0.5, 0.6) is 0 Å². The van der Waals surface area contributed by atoms with Crippen molar-refractivity contribution in [1.29, 1.82) is 0 Å². The first-order valence-corrected chi connectivity index (χ1v) is 17.0. The molecule has 0 aromatic heterocycles. The minimum absolute atomic E-state index is 0.0277. The lowest BCUT2D eigenvalue weighted by atomic mass is 9.95. The van der Waals surface area contributed by atoms with Crippen LogP contribution in [0.25, 0.3) is 0 Å². The number of benzene rings is 3. The second-order valence-corrected chi connectivity index (χ2v) is 13.8. The van der Waals surface area contributed by atoms with Gasteiger partial charge in [-0.15, -0.1) is 0 Å². The molecule has 0 bridgehead atoms. The van der Waals surface area contributed by atoms with Crippen LogP contribution in [0.4, 0.5) is 5.69 Å². The molecule has 1 aliphatic carbocycles. The van der Waals surface area contributed by atoms with Gasteiger partial charge in [0.05, 0.1) is 10.6 Å². The number of amides is 2. The Hall–Kier alpha value is -3.07. The average Bonchev–Trinajstić information content (AvgIpc) is 2.98. The van der Waals surface area contributed by atoms with Gasteiger partial charge in [-0.2, -0.15) is 0 Å². The summed E-state index contributed by atoms with van der Waals surface area (Å²) in [5.41, 5.74) is 2.07. The quantitative estimate of drug-likeness (QED) is 0.235. The number of anilines is 1. The second-order valence-electron chi connectivity index (χ2n) is 11.0. The zero-order valence-electron chi connectivity index (χ0n) is 24.6. The summed E-state index contributed by atoms with van der Waals surface area (Å²) in [6.45, 7) is 3.44. The summed E-state index contributed by atoms with van der Waals surface area (Å²) in [5, 5.41) is 3.63. The van der Waals surface area contributed by atoms with E-state index in [1.165, 1.54) is 35.2 Å². The summed E-state index contributed by atoms with van der Waals surface area (Å²) in [4.78, 5) is 29.4. The zero-order valence-corrected chi connectivity index (χ0v) is 27.0. The smallest absolute Gasteiger partial charge is 0.264 e. The number of nitrogens with zero attached hydrogens (tertiary/aromatic N) is 2. The van der Waals surface area contributed by atoms with Crippen LogP contribution in [-0.2, 0) is 26.0 Å². The topological polar surface area (TPSA) is 86.8 Å². The van der Waals surface area contributed by atoms with E-state index in [1.54, 1.807) is 12.1 Å². The molecule has 1 saturated carbocycles. The van der Waals surface area contributed by atoms with E-state index in [9.17, 15) is 18.0 Å². The first-order valence-electron chi connectivity index (χ1n) is 14.8. The van der Waals surface area contributed by atoms with Gasteiger partial charge in [-0.05, 0) is 68.5 Å². The molecule has 0 radical (unpaired) electrons. The fourth-order valence-electron chi connectivity index (χ4n) is 5.49. The summed E-state index contributed by atoms with van der Waals surface area (Å²) in [6.07, 6.45) is 6.00. The van der Waals surface area contributed by atoms with E-state index >= 15 is 0 Å². The van der Waals surface area contributed by atoms with Crippen LogP contribution in [0, 0.1) is 6.92 Å². The van der Waals surface area contributed by atoms with Gasteiger partial charge in [-0.25, -0.2) is 8.42 Å². The van der Waals surface area contributed by atoms with Crippen molar-refractivity contribution in [1.82, 2.24) is 10.2 Å². The molecule has 4 rings (SSSR count).